The van der Waals surface area contributed by atoms with Crippen molar-refractivity contribution in [1.82, 2.24) is 14.9 Å². The third kappa shape index (κ3) is 4.32. The predicted molar refractivity (Wildman–Crippen MR) is 110 cm³/mol. The topological polar surface area (TPSA) is 104 Å². The van der Waals surface area contributed by atoms with Gasteiger partial charge in [-0.3, -0.25) is 4.79 Å². The summed E-state index contributed by atoms with van der Waals surface area (Å²) in [5.41, 5.74) is 0.987. The van der Waals surface area contributed by atoms with Gasteiger partial charge in [-0.05, 0) is 29.8 Å². The Kier molecular flexibility index (Phi) is 6.27. The Morgan fingerprint density at radius 2 is 1.89 bits per heavy atom. The molecule has 0 bridgehead atoms. The summed E-state index contributed by atoms with van der Waals surface area (Å²) in [5, 5.41) is 11.6. The second kappa shape index (κ2) is 8.85. The van der Waals surface area contributed by atoms with E-state index in [9.17, 15) is 4.79 Å². The van der Waals surface area contributed by atoms with Crippen LogP contribution in [0.15, 0.2) is 52.4 Å². The van der Waals surface area contributed by atoms with E-state index in [2.05, 4.69) is 15.5 Å². The van der Waals surface area contributed by atoms with E-state index in [1.807, 2.05) is 18.2 Å². The van der Waals surface area contributed by atoms with Crippen LogP contribution >= 0.6 is 23.4 Å². The molecule has 0 aliphatic heterocycles. The molecule has 28 heavy (non-hydrogen) atoms. The molecule has 1 heterocycles. The number of benzene rings is 2. The second-order valence-corrected chi connectivity index (χ2v) is 6.94. The van der Waals surface area contributed by atoms with Gasteiger partial charge in [-0.2, -0.15) is 4.68 Å². The first kappa shape index (κ1) is 19.8. The molecule has 3 rings (SSSR count). The van der Waals surface area contributed by atoms with E-state index in [-0.39, 0.29) is 11.0 Å². The van der Waals surface area contributed by atoms with Crippen LogP contribution in [-0.4, -0.2) is 29.1 Å². The lowest BCUT2D eigenvalue weighted by Crippen LogP contribution is -2.32. The number of thioether (sulfide) groups is 1. The van der Waals surface area contributed by atoms with Gasteiger partial charge in [0.25, 0.3) is 0 Å². The van der Waals surface area contributed by atoms with E-state index in [1.54, 1.807) is 38.5 Å². The van der Waals surface area contributed by atoms with Crippen LogP contribution < -0.4 is 26.2 Å². The number of aromatic nitrogens is 3. The molecule has 0 fully saturated rings. The number of hydrogen-bond acceptors (Lipinski definition) is 8. The SMILES string of the molecule is COc1ccc(CSc2nnc(Nc3ccccc3Cl)c(=O)n2N)cc1OC. The van der Waals surface area contributed by atoms with E-state index in [4.69, 9.17) is 26.9 Å². The fourth-order valence-corrected chi connectivity index (χ4v) is 3.35. The van der Waals surface area contributed by atoms with E-state index >= 15 is 0 Å². The minimum atomic E-state index is -0.510. The first-order chi connectivity index (χ1) is 13.5. The van der Waals surface area contributed by atoms with E-state index < -0.39 is 5.56 Å². The summed E-state index contributed by atoms with van der Waals surface area (Å²) in [6.45, 7) is 0. The molecule has 0 aliphatic carbocycles. The zero-order valence-corrected chi connectivity index (χ0v) is 16.8. The van der Waals surface area contributed by atoms with Crippen molar-refractivity contribution in [2.45, 2.75) is 10.9 Å². The Labute approximate surface area is 170 Å². The number of nitrogens with zero attached hydrogens (tertiary/aromatic N) is 3. The summed E-state index contributed by atoms with van der Waals surface area (Å²) in [6.07, 6.45) is 0. The number of methoxy groups -OCH3 is 2. The Morgan fingerprint density at radius 1 is 1.14 bits per heavy atom. The van der Waals surface area contributed by atoms with E-state index in [0.29, 0.717) is 28.0 Å². The van der Waals surface area contributed by atoms with Crippen LogP contribution in [0, 0.1) is 0 Å². The van der Waals surface area contributed by atoms with Gasteiger partial charge in [0.2, 0.25) is 11.0 Å². The van der Waals surface area contributed by atoms with Gasteiger partial charge in [0, 0.05) is 5.75 Å². The maximum atomic E-state index is 12.5. The Balaban J connectivity index is 1.76. The zero-order valence-electron chi connectivity index (χ0n) is 15.2. The molecule has 10 heteroatoms. The van der Waals surface area contributed by atoms with Gasteiger partial charge in [-0.1, -0.05) is 41.6 Å². The maximum Gasteiger partial charge on any atom is 0.315 e. The molecule has 0 aliphatic rings. The number of ether oxygens (including phenoxy) is 2. The molecule has 0 saturated heterocycles. The molecule has 3 aromatic rings. The fourth-order valence-electron chi connectivity index (χ4n) is 2.37. The molecule has 0 saturated carbocycles. The quantitative estimate of drug-likeness (QED) is 0.444. The first-order valence-electron chi connectivity index (χ1n) is 8.13. The summed E-state index contributed by atoms with van der Waals surface area (Å²) in [6, 6.07) is 12.6. The average molecular weight is 420 g/mol. The largest absolute Gasteiger partial charge is 0.493 e. The van der Waals surface area contributed by atoms with Crippen molar-refractivity contribution < 1.29 is 9.47 Å². The van der Waals surface area contributed by atoms with Gasteiger partial charge in [0.15, 0.2) is 11.5 Å². The van der Waals surface area contributed by atoms with E-state index in [1.165, 1.54) is 11.8 Å². The molecule has 3 N–H and O–H groups in total. The van der Waals surface area contributed by atoms with Crippen LogP contribution in [0.2, 0.25) is 5.02 Å². The Hall–Kier alpha value is -2.91. The third-order valence-electron chi connectivity index (χ3n) is 3.81. The lowest BCUT2D eigenvalue weighted by atomic mass is 10.2. The number of para-hydroxylation sites is 1. The predicted octanol–water partition coefficient (Wildman–Crippen LogP) is 3.06. The Bertz CT molecular complexity index is 1040. The highest BCUT2D eigenvalue weighted by Gasteiger charge is 2.13. The highest BCUT2D eigenvalue weighted by Crippen LogP contribution is 2.30. The average Bonchev–Trinajstić information content (AvgIpc) is 2.72. The van der Waals surface area contributed by atoms with Crippen molar-refractivity contribution in [3.05, 3.63) is 63.4 Å². The summed E-state index contributed by atoms with van der Waals surface area (Å²) in [4.78, 5) is 12.5. The molecule has 8 nitrogen and oxygen atoms in total. The number of anilines is 2. The maximum absolute atomic E-state index is 12.5. The smallest absolute Gasteiger partial charge is 0.315 e. The summed E-state index contributed by atoms with van der Waals surface area (Å²) in [5.74, 6) is 7.67. The van der Waals surface area contributed by atoms with Crippen LogP contribution in [-0.2, 0) is 5.75 Å². The van der Waals surface area contributed by atoms with Crippen molar-refractivity contribution in [3.8, 4) is 11.5 Å². The number of nitrogen functional groups attached to an aromatic ring is 1. The summed E-state index contributed by atoms with van der Waals surface area (Å²) in [7, 11) is 3.15. The molecule has 2 aromatic carbocycles. The lowest BCUT2D eigenvalue weighted by molar-refractivity contribution is 0.354. The molecule has 0 radical (unpaired) electrons. The van der Waals surface area contributed by atoms with Gasteiger partial charge in [0.05, 0.1) is 24.9 Å². The van der Waals surface area contributed by atoms with E-state index in [0.717, 1.165) is 10.2 Å². The Morgan fingerprint density at radius 3 is 2.61 bits per heavy atom. The van der Waals surface area contributed by atoms with Gasteiger partial charge in [0.1, 0.15) is 0 Å². The molecule has 0 amide bonds. The highest BCUT2D eigenvalue weighted by molar-refractivity contribution is 7.98. The van der Waals surface area contributed by atoms with Crippen LogP contribution in [0.25, 0.3) is 0 Å². The molecular weight excluding hydrogens is 402 g/mol. The standard InChI is InChI=1S/C18H18ClN5O3S/c1-26-14-8-7-11(9-15(14)27-2)10-28-18-23-22-16(17(25)24(18)20)21-13-6-4-3-5-12(13)19/h3-9H,10,20H2,1-2H3,(H,21,22). The lowest BCUT2D eigenvalue weighted by Gasteiger charge is -2.11. The first-order valence-corrected chi connectivity index (χ1v) is 9.50. The van der Waals surface area contributed by atoms with Gasteiger partial charge in [-0.25, -0.2) is 0 Å². The molecule has 0 spiro atoms. The van der Waals surface area contributed by atoms with Gasteiger partial charge >= 0.3 is 5.56 Å². The number of rotatable bonds is 7. The number of nitrogens with one attached hydrogen (secondary N) is 1. The normalized spacial score (nSPS) is 10.5. The monoisotopic (exact) mass is 419 g/mol. The number of halogens is 1. The van der Waals surface area contributed by atoms with Crippen molar-refractivity contribution >= 4 is 34.9 Å². The summed E-state index contributed by atoms with van der Waals surface area (Å²) >= 11 is 7.37. The van der Waals surface area contributed by atoms with Crippen molar-refractivity contribution in [3.63, 3.8) is 0 Å². The van der Waals surface area contributed by atoms with Gasteiger partial charge < -0.3 is 20.6 Å². The second-order valence-electron chi connectivity index (χ2n) is 5.59. The van der Waals surface area contributed by atoms with Crippen molar-refractivity contribution in [2.75, 3.05) is 25.4 Å². The fraction of sp³-hybridized carbons (Fsp3) is 0.167. The molecule has 146 valence electrons. The van der Waals surface area contributed by atoms with Crippen molar-refractivity contribution in [2.24, 2.45) is 0 Å². The number of hydrogen-bond donors (Lipinski definition) is 2. The minimum Gasteiger partial charge on any atom is -0.493 e. The molecular formula is C18H18ClN5O3S. The van der Waals surface area contributed by atoms with Crippen molar-refractivity contribution in [1.29, 1.82) is 0 Å². The zero-order chi connectivity index (χ0) is 20.1. The van der Waals surface area contributed by atoms with Crippen LogP contribution in [0.5, 0.6) is 11.5 Å². The van der Waals surface area contributed by atoms with Gasteiger partial charge in [-0.15, -0.1) is 10.2 Å². The van der Waals surface area contributed by atoms with Crippen LogP contribution in [0.1, 0.15) is 5.56 Å². The molecule has 0 atom stereocenters. The third-order valence-corrected chi connectivity index (χ3v) is 5.15. The molecule has 0 unspecified atom stereocenters. The number of nitrogens with two attached hydrogens (primary N) is 1. The highest BCUT2D eigenvalue weighted by atomic mass is 35.5. The minimum absolute atomic E-state index is 0.00827. The summed E-state index contributed by atoms with van der Waals surface area (Å²) < 4.78 is 11.5. The molecule has 1 aromatic heterocycles. The van der Waals surface area contributed by atoms with Crippen LogP contribution in [0.3, 0.4) is 0 Å². The van der Waals surface area contributed by atoms with Crippen LogP contribution in [0.4, 0.5) is 11.5 Å².